The monoisotopic (exact) mass is 159 g/mol. The molecule has 0 saturated carbocycles. The average Bonchev–Trinajstić information content (AvgIpc) is 1.97. The molecule has 0 aromatic rings. The number of carbonyl (C=O) groups is 1. The molecule has 0 rings (SSSR count). The Kier molecular flexibility index (Phi) is 5.84. The highest BCUT2D eigenvalue weighted by molar-refractivity contribution is 5.65. The van der Waals surface area contributed by atoms with Crippen LogP contribution in [0, 0.1) is 0 Å². The molecule has 0 heterocycles. The van der Waals surface area contributed by atoms with Gasteiger partial charge in [-0.2, -0.15) is 0 Å². The molecule has 0 bridgehead atoms. The van der Waals surface area contributed by atoms with Crippen LogP contribution in [-0.2, 0) is 9.53 Å². The van der Waals surface area contributed by atoms with Gasteiger partial charge in [0, 0.05) is 13.0 Å². The van der Waals surface area contributed by atoms with Gasteiger partial charge in [-0.15, -0.1) is 0 Å². The maximum absolute atomic E-state index is 10.3. The first-order valence-corrected chi connectivity index (χ1v) is 4.05. The van der Waals surface area contributed by atoms with Gasteiger partial charge in [-0.25, -0.2) is 0 Å². The van der Waals surface area contributed by atoms with Crippen molar-refractivity contribution in [1.29, 1.82) is 0 Å². The van der Waals surface area contributed by atoms with Crippen LogP contribution in [0.25, 0.3) is 0 Å². The third-order valence-corrected chi connectivity index (χ3v) is 1.43. The lowest BCUT2D eigenvalue weighted by Gasteiger charge is -2.09. The Morgan fingerprint density at radius 3 is 2.73 bits per heavy atom. The third kappa shape index (κ3) is 7.33. The van der Waals surface area contributed by atoms with Crippen molar-refractivity contribution < 1.29 is 9.53 Å². The van der Waals surface area contributed by atoms with Gasteiger partial charge in [0.15, 0.2) is 0 Å². The van der Waals surface area contributed by atoms with Gasteiger partial charge >= 0.3 is 5.97 Å². The molecule has 0 saturated heterocycles. The minimum Gasteiger partial charge on any atom is -0.464 e. The van der Waals surface area contributed by atoms with Crippen LogP contribution in [-0.4, -0.2) is 18.6 Å². The molecule has 3 nitrogen and oxygen atoms in total. The fourth-order valence-electron chi connectivity index (χ4n) is 0.774. The van der Waals surface area contributed by atoms with E-state index in [4.69, 9.17) is 10.5 Å². The number of ether oxygens (including phenoxy) is 1. The first-order chi connectivity index (χ1) is 5.16. The number of nitrogens with two attached hydrogens (primary N) is 1. The van der Waals surface area contributed by atoms with Gasteiger partial charge < -0.3 is 10.5 Å². The summed E-state index contributed by atoms with van der Waals surface area (Å²) in [5, 5.41) is 0. The van der Waals surface area contributed by atoms with E-state index < -0.39 is 0 Å². The predicted octanol–water partition coefficient (Wildman–Crippen LogP) is 1.07. The Hall–Kier alpha value is -0.570. The fourth-order valence-corrected chi connectivity index (χ4v) is 0.774. The van der Waals surface area contributed by atoms with Crippen molar-refractivity contribution in [2.45, 2.75) is 39.2 Å². The number of rotatable bonds is 5. The van der Waals surface area contributed by atoms with E-state index in [1.54, 1.807) is 0 Å². The molecule has 1 atom stereocenters. The second kappa shape index (κ2) is 6.16. The fraction of sp³-hybridized carbons (Fsp3) is 0.875. The molecule has 66 valence electrons. The summed E-state index contributed by atoms with van der Waals surface area (Å²) in [4.78, 5) is 10.3. The number of esters is 1. The third-order valence-electron chi connectivity index (χ3n) is 1.43. The quantitative estimate of drug-likeness (QED) is 0.610. The van der Waals surface area contributed by atoms with Crippen LogP contribution in [0.3, 0.4) is 0 Å². The lowest BCUT2D eigenvalue weighted by molar-refractivity contribution is -0.141. The standard InChI is InChI=1S/C8H17NO2/c1-3-4-5-8(9)6-11-7(2)10/h8H,3-6,9H2,1-2H3/t8-/m1/s1. The van der Waals surface area contributed by atoms with Crippen molar-refractivity contribution in [3.05, 3.63) is 0 Å². The summed E-state index contributed by atoms with van der Waals surface area (Å²) in [6, 6.07) is 0.0128. The summed E-state index contributed by atoms with van der Waals surface area (Å²) in [7, 11) is 0. The van der Waals surface area contributed by atoms with E-state index in [1.807, 2.05) is 0 Å². The molecule has 0 spiro atoms. The second-order valence-corrected chi connectivity index (χ2v) is 2.70. The number of carbonyl (C=O) groups excluding carboxylic acids is 1. The summed E-state index contributed by atoms with van der Waals surface area (Å²) in [5.74, 6) is -0.253. The molecule has 2 N–H and O–H groups in total. The zero-order chi connectivity index (χ0) is 8.69. The van der Waals surface area contributed by atoms with Crippen LogP contribution >= 0.6 is 0 Å². The van der Waals surface area contributed by atoms with Crippen molar-refractivity contribution in [3.8, 4) is 0 Å². The predicted molar refractivity (Wildman–Crippen MR) is 44.1 cm³/mol. The molecule has 0 aromatic heterocycles. The smallest absolute Gasteiger partial charge is 0.302 e. The average molecular weight is 159 g/mol. The molecule has 0 aromatic carbocycles. The van der Waals surface area contributed by atoms with Gasteiger partial charge in [0.25, 0.3) is 0 Å². The zero-order valence-corrected chi connectivity index (χ0v) is 7.30. The van der Waals surface area contributed by atoms with E-state index in [0.29, 0.717) is 6.61 Å². The van der Waals surface area contributed by atoms with E-state index in [-0.39, 0.29) is 12.0 Å². The van der Waals surface area contributed by atoms with Crippen LogP contribution in [0.1, 0.15) is 33.1 Å². The Morgan fingerprint density at radius 1 is 1.64 bits per heavy atom. The van der Waals surface area contributed by atoms with Crippen LogP contribution in [0.5, 0.6) is 0 Å². The Morgan fingerprint density at radius 2 is 2.27 bits per heavy atom. The molecule has 0 fully saturated rings. The number of unbranched alkanes of at least 4 members (excludes halogenated alkanes) is 1. The SMILES string of the molecule is CCCC[C@@H](N)COC(C)=O. The van der Waals surface area contributed by atoms with Crippen LogP contribution in [0.15, 0.2) is 0 Å². The van der Waals surface area contributed by atoms with E-state index >= 15 is 0 Å². The molecule has 0 aliphatic carbocycles. The van der Waals surface area contributed by atoms with Gasteiger partial charge in [0.2, 0.25) is 0 Å². The van der Waals surface area contributed by atoms with E-state index in [0.717, 1.165) is 19.3 Å². The molecule has 11 heavy (non-hydrogen) atoms. The summed E-state index contributed by atoms with van der Waals surface area (Å²) < 4.78 is 4.74. The van der Waals surface area contributed by atoms with Gasteiger partial charge in [-0.3, -0.25) is 4.79 Å². The van der Waals surface area contributed by atoms with Gasteiger partial charge in [-0.05, 0) is 6.42 Å². The second-order valence-electron chi connectivity index (χ2n) is 2.70. The van der Waals surface area contributed by atoms with Crippen molar-refractivity contribution in [3.63, 3.8) is 0 Å². The minimum absolute atomic E-state index is 0.0128. The van der Waals surface area contributed by atoms with Gasteiger partial charge in [-0.1, -0.05) is 19.8 Å². The van der Waals surface area contributed by atoms with Crippen molar-refractivity contribution in [2.24, 2.45) is 5.73 Å². The Balaban J connectivity index is 3.22. The minimum atomic E-state index is -0.253. The highest BCUT2D eigenvalue weighted by Gasteiger charge is 2.02. The van der Waals surface area contributed by atoms with E-state index in [9.17, 15) is 4.79 Å². The highest BCUT2D eigenvalue weighted by Crippen LogP contribution is 1.98. The van der Waals surface area contributed by atoms with Crippen molar-refractivity contribution in [1.82, 2.24) is 0 Å². The van der Waals surface area contributed by atoms with Gasteiger partial charge in [0.1, 0.15) is 6.61 Å². The normalized spacial score (nSPS) is 12.6. The molecule has 0 aliphatic rings. The molecule has 3 heteroatoms. The first-order valence-electron chi connectivity index (χ1n) is 4.05. The summed E-state index contributed by atoms with van der Waals surface area (Å²) in [5.41, 5.74) is 5.63. The molecule has 0 unspecified atom stereocenters. The van der Waals surface area contributed by atoms with E-state index in [2.05, 4.69) is 6.92 Å². The number of hydrogen-bond acceptors (Lipinski definition) is 3. The number of hydrogen-bond donors (Lipinski definition) is 1. The summed E-state index contributed by atoms with van der Waals surface area (Å²) >= 11 is 0. The highest BCUT2D eigenvalue weighted by atomic mass is 16.5. The maximum Gasteiger partial charge on any atom is 0.302 e. The summed E-state index contributed by atoms with van der Waals surface area (Å²) in [6.45, 7) is 3.86. The Bertz CT molecular complexity index is 115. The molecule has 0 aliphatic heterocycles. The van der Waals surface area contributed by atoms with Crippen molar-refractivity contribution >= 4 is 5.97 Å². The van der Waals surface area contributed by atoms with E-state index in [1.165, 1.54) is 6.92 Å². The molecule has 0 radical (unpaired) electrons. The van der Waals surface area contributed by atoms with Crippen LogP contribution in [0.2, 0.25) is 0 Å². The van der Waals surface area contributed by atoms with Crippen molar-refractivity contribution in [2.75, 3.05) is 6.61 Å². The lowest BCUT2D eigenvalue weighted by atomic mass is 10.1. The molecule has 0 amide bonds. The largest absolute Gasteiger partial charge is 0.464 e. The summed E-state index contributed by atoms with van der Waals surface area (Å²) in [6.07, 6.45) is 3.17. The molecular formula is C8H17NO2. The van der Waals surface area contributed by atoms with Gasteiger partial charge in [0.05, 0.1) is 0 Å². The lowest BCUT2D eigenvalue weighted by Crippen LogP contribution is -2.26. The topological polar surface area (TPSA) is 52.3 Å². The molecular weight excluding hydrogens is 142 g/mol. The Labute approximate surface area is 67.9 Å². The zero-order valence-electron chi connectivity index (χ0n) is 7.30. The first kappa shape index (κ1) is 10.4. The maximum atomic E-state index is 10.3. The van der Waals surface area contributed by atoms with Crippen LogP contribution in [0.4, 0.5) is 0 Å². The van der Waals surface area contributed by atoms with Crippen LogP contribution < -0.4 is 5.73 Å².